The maximum atomic E-state index is 11.5. The van der Waals surface area contributed by atoms with E-state index < -0.39 is 21.1 Å². The third-order valence-electron chi connectivity index (χ3n) is 2.23. The number of hydrogen-bond acceptors (Lipinski definition) is 4. The molecule has 0 heterocycles. The van der Waals surface area contributed by atoms with Gasteiger partial charge in [-0.05, 0) is 19.8 Å². The molecule has 0 spiro atoms. The molecule has 5 heteroatoms. The summed E-state index contributed by atoms with van der Waals surface area (Å²) in [7, 11) is -1.81. The average molecular weight is 206 g/mol. The highest BCUT2D eigenvalue weighted by Gasteiger charge is 2.39. The Balaban J connectivity index is 2.56. The monoisotopic (exact) mass is 206 g/mol. The summed E-state index contributed by atoms with van der Waals surface area (Å²) in [6.45, 7) is 1.56. The van der Waals surface area contributed by atoms with Crippen LogP contribution in [0.15, 0.2) is 0 Å². The van der Waals surface area contributed by atoms with Crippen LogP contribution < -0.4 is 0 Å². The Hall–Kier alpha value is -0.580. The molecular weight excluding hydrogens is 192 g/mol. The standard InChI is InChI=1S/C8H14O4S/c1-6(5-8(9)12-2)13(10,11)7-3-4-7/h6-7H,3-5H2,1-2H3. The van der Waals surface area contributed by atoms with Crippen LogP contribution in [-0.4, -0.2) is 32.0 Å². The molecule has 1 unspecified atom stereocenters. The molecule has 1 aliphatic rings. The molecular formula is C8H14O4S. The van der Waals surface area contributed by atoms with E-state index in [-0.39, 0.29) is 11.7 Å². The van der Waals surface area contributed by atoms with Crippen molar-refractivity contribution in [2.75, 3.05) is 7.11 Å². The van der Waals surface area contributed by atoms with Crippen LogP contribution in [-0.2, 0) is 19.4 Å². The fourth-order valence-electron chi connectivity index (χ4n) is 1.16. The highest BCUT2D eigenvalue weighted by Crippen LogP contribution is 2.32. The molecule has 4 nitrogen and oxygen atoms in total. The van der Waals surface area contributed by atoms with Crippen LogP contribution >= 0.6 is 0 Å². The maximum Gasteiger partial charge on any atom is 0.306 e. The van der Waals surface area contributed by atoms with Crippen LogP contribution in [0, 0.1) is 0 Å². The topological polar surface area (TPSA) is 60.4 Å². The van der Waals surface area contributed by atoms with Gasteiger partial charge in [-0.2, -0.15) is 0 Å². The Bertz CT molecular complexity index is 289. The molecule has 1 fully saturated rings. The van der Waals surface area contributed by atoms with Gasteiger partial charge in [0.25, 0.3) is 0 Å². The number of esters is 1. The summed E-state index contributed by atoms with van der Waals surface area (Å²) in [6, 6.07) is 0. The predicted molar refractivity (Wildman–Crippen MR) is 48.0 cm³/mol. The fraction of sp³-hybridized carbons (Fsp3) is 0.875. The lowest BCUT2D eigenvalue weighted by Crippen LogP contribution is -2.25. The Morgan fingerprint density at radius 1 is 1.54 bits per heavy atom. The van der Waals surface area contributed by atoms with Gasteiger partial charge in [0, 0.05) is 0 Å². The van der Waals surface area contributed by atoms with Crippen molar-refractivity contribution in [2.24, 2.45) is 0 Å². The van der Waals surface area contributed by atoms with E-state index in [0.29, 0.717) is 0 Å². The zero-order valence-corrected chi connectivity index (χ0v) is 8.63. The summed E-state index contributed by atoms with van der Waals surface area (Å²) < 4.78 is 27.5. The van der Waals surface area contributed by atoms with Crippen molar-refractivity contribution in [3.8, 4) is 0 Å². The van der Waals surface area contributed by atoms with E-state index in [2.05, 4.69) is 4.74 Å². The van der Waals surface area contributed by atoms with Gasteiger partial charge in [-0.25, -0.2) is 8.42 Å². The maximum absolute atomic E-state index is 11.5. The molecule has 0 radical (unpaired) electrons. The van der Waals surface area contributed by atoms with E-state index in [4.69, 9.17) is 0 Å². The number of sulfone groups is 1. The lowest BCUT2D eigenvalue weighted by molar-refractivity contribution is -0.140. The highest BCUT2D eigenvalue weighted by atomic mass is 32.2. The minimum absolute atomic E-state index is 0.0324. The molecule has 0 N–H and O–H groups in total. The number of ether oxygens (including phenoxy) is 1. The summed E-state index contributed by atoms with van der Waals surface area (Å²) in [4.78, 5) is 10.8. The van der Waals surface area contributed by atoms with E-state index in [1.165, 1.54) is 7.11 Å². The zero-order valence-electron chi connectivity index (χ0n) is 7.82. The summed E-state index contributed by atoms with van der Waals surface area (Å²) in [5.41, 5.74) is 0. The van der Waals surface area contributed by atoms with Crippen molar-refractivity contribution < 1.29 is 17.9 Å². The van der Waals surface area contributed by atoms with E-state index >= 15 is 0 Å². The van der Waals surface area contributed by atoms with Gasteiger partial charge in [-0.1, -0.05) is 0 Å². The van der Waals surface area contributed by atoms with E-state index in [1.807, 2.05) is 0 Å². The second-order valence-corrected chi connectivity index (χ2v) is 6.03. The number of carbonyl (C=O) groups excluding carboxylic acids is 1. The molecule has 0 aromatic carbocycles. The first-order chi connectivity index (χ1) is 5.98. The van der Waals surface area contributed by atoms with Crippen molar-refractivity contribution in [1.29, 1.82) is 0 Å². The largest absolute Gasteiger partial charge is 0.469 e. The van der Waals surface area contributed by atoms with Gasteiger partial charge in [-0.3, -0.25) is 4.79 Å². The van der Waals surface area contributed by atoms with Gasteiger partial charge < -0.3 is 4.74 Å². The van der Waals surface area contributed by atoms with Crippen molar-refractivity contribution in [2.45, 2.75) is 36.7 Å². The lowest BCUT2D eigenvalue weighted by Gasteiger charge is -2.10. The van der Waals surface area contributed by atoms with Crippen molar-refractivity contribution >= 4 is 15.8 Å². The summed E-state index contributed by atoms with van der Waals surface area (Å²) in [5.74, 6) is -0.461. The summed E-state index contributed by atoms with van der Waals surface area (Å²) in [5, 5.41) is -0.806. The average Bonchev–Trinajstić information content (AvgIpc) is 2.86. The minimum atomic E-state index is -3.07. The number of rotatable bonds is 4. The Kier molecular flexibility index (Phi) is 2.95. The zero-order chi connectivity index (χ0) is 10.1. The summed E-state index contributed by atoms with van der Waals surface area (Å²) in [6.07, 6.45) is 1.46. The second-order valence-electron chi connectivity index (χ2n) is 3.38. The Morgan fingerprint density at radius 3 is 2.46 bits per heavy atom. The van der Waals surface area contributed by atoms with Gasteiger partial charge >= 0.3 is 5.97 Å². The summed E-state index contributed by atoms with van der Waals surface area (Å²) >= 11 is 0. The molecule has 0 aliphatic heterocycles. The smallest absolute Gasteiger partial charge is 0.306 e. The molecule has 0 saturated heterocycles. The van der Waals surface area contributed by atoms with Crippen LogP contribution in [0.2, 0.25) is 0 Å². The first-order valence-electron chi connectivity index (χ1n) is 4.28. The quantitative estimate of drug-likeness (QED) is 0.629. The molecule has 1 rings (SSSR count). The van der Waals surface area contributed by atoms with Crippen LogP contribution in [0.5, 0.6) is 0 Å². The number of hydrogen-bond donors (Lipinski definition) is 0. The fourth-order valence-corrected chi connectivity index (χ4v) is 2.98. The van der Waals surface area contributed by atoms with E-state index in [1.54, 1.807) is 6.92 Å². The van der Waals surface area contributed by atoms with Gasteiger partial charge in [0.1, 0.15) is 0 Å². The molecule has 1 aliphatic carbocycles. The molecule has 0 bridgehead atoms. The van der Waals surface area contributed by atoms with Crippen molar-refractivity contribution in [3.63, 3.8) is 0 Å². The predicted octanol–water partition coefficient (Wildman–Crippen LogP) is 0.515. The molecule has 76 valence electrons. The normalized spacial score (nSPS) is 19.5. The molecule has 0 aromatic heterocycles. The number of carbonyl (C=O) groups is 1. The van der Waals surface area contributed by atoms with Gasteiger partial charge in [0.2, 0.25) is 0 Å². The van der Waals surface area contributed by atoms with E-state index in [0.717, 1.165) is 12.8 Å². The van der Waals surface area contributed by atoms with Crippen molar-refractivity contribution in [3.05, 3.63) is 0 Å². The Morgan fingerprint density at radius 2 is 2.08 bits per heavy atom. The van der Waals surface area contributed by atoms with E-state index in [9.17, 15) is 13.2 Å². The third-order valence-corrected chi connectivity index (χ3v) is 4.92. The Labute approximate surface area is 78.2 Å². The molecule has 13 heavy (non-hydrogen) atoms. The van der Waals surface area contributed by atoms with Crippen molar-refractivity contribution in [1.82, 2.24) is 0 Å². The van der Waals surface area contributed by atoms with Crippen LogP contribution in [0.1, 0.15) is 26.2 Å². The van der Waals surface area contributed by atoms with Crippen LogP contribution in [0.25, 0.3) is 0 Å². The first-order valence-corrected chi connectivity index (χ1v) is 5.89. The van der Waals surface area contributed by atoms with Gasteiger partial charge in [-0.15, -0.1) is 0 Å². The van der Waals surface area contributed by atoms with Crippen LogP contribution in [0.3, 0.4) is 0 Å². The number of methoxy groups -OCH3 is 1. The molecule has 1 atom stereocenters. The first kappa shape index (κ1) is 10.5. The minimum Gasteiger partial charge on any atom is -0.469 e. The second kappa shape index (κ2) is 3.65. The van der Waals surface area contributed by atoms with Crippen LogP contribution in [0.4, 0.5) is 0 Å². The molecule has 0 amide bonds. The SMILES string of the molecule is COC(=O)CC(C)S(=O)(=O)C1CC1. The van der Waals surface area contributed by atoms with Gasteiger partial charge in [0.15, 0.2) is 9.84 Å². The van der Waals surface area contributed by atoms with Gasteiger partial charge in [0.05, 0.1) is 24.0 Å². The molecule has 0 aromatic rings. The molecule has 1 saturated carbocycles. The third kappa shape index (κ3) is 2.43. The highest BCUT2D eigenvalue weighted by molar-refractivity contribution is 7.92. The lowest BCUT2D eigenvalue weighted by atomic mass is 10.3.